The first-order valence-electron chi connectivity index (χ1n) is 15.6. The lowest BCUT2D eigenvalue weighted by molar-refractivity contribution is 1.09. The summed E-state index contributed by atoms with van der Waals surface area (Å²) in [5.41, 5.74) is 13.6. The van der Waals surface area contributed by atoms with Crippen molar-refractivity contribution in [1.82, 2.24) is 9.13 Å². The summed E-state index contributed by atoms with van der Waals surface area (Å²) < 4.78 is 4.81. The van der Waals surface area contributed by atoms with Gasteiger partial charge in [-0.2, -0.15) is 0 Å². The number of allylic oxidation sites excluding steroid dienone is 3. The standard InChI is InChI=1S/C43H30N2/c1-3-12-30(13-4-1)31-22-25-38-36-18-7-9-20-40(36)45(42(38)26-23-31)35-17-11-14-32(28-35)33-24-27-43-39(29-33)37-19-8-10-21-41(37)44(43)34-15-5-2-6-16-34/h1-24,26-29H,25H2. The predicted molar refractivity (Wildman–Crippen MR) is 190 cm³/mol. The Morgan fingerprint density at radius 1 is 0.400 bits per heavy atom. The molecule has 0 atom stereocenters. The first-order chi connectivity index (χ1) is 22.3. The van der Waals surface area contributed by atoms with Gasteiger partial charge >= 0.3 is 0 Å². The Morgan fingerprint density at radius 2 is 1.02 bits per heavy atom. The van der Waals surface area contributed by atoms with Crippen molar-refractivity contribution in [2.24, 2.45) is 0 Å². The molecule has 0 saturated carbocycles. The molecule has 9 rings (SSSR count). The SMILES string of the molecule is C1=Cc2c(c3ccccc3n2-c2cccc(-c3ccc4c(c3)c3ccccc3n4-c3ccccc3)c2)CC=C1c1ccccc1. The third-order valence-electron chi connectivity index (χ3n) is 9.20. The molecule has 45 heavy (non-hydrogen) atoms. The molecule has 0 radical (unpaired) electrons. The van der Waals surface area contributed by atoms with Crippen molar-refractivity contribution < 1.29 is 0 Å². The lowest BCUT2D eigenvalue weighted by Crippen LogP contribution is -1.98. The Bertz CT molecular complexity index is 2440. The fraction of sp³-hybridized carbons (Fsp3) is 0.0233. The van der Waals surface area contributed by atoms with Crippen LogP contribution in [0.4, 0.5) is 0 Å². The van der Waals surface area contributed by atoms with Crippen LogP contribution in [0.25, 0.3) is 66.9 Å². The van der Waals surface area contributed by atoms with Gasteiger partial charge in [-0.3, -0.25) is 0 Å². The van der Waals surface area contributed by atoms with Gasteiger partial charge in [0.1, 0.15) is 0 Å². The minimum atomic E-state index is 0.891. The maximum absolute atomic E-state index is 2.44. The zero-order valence-corrected chi connectivity index (χ0v) is 24.8. The number of nitrogens with zero attached hydrogens (tertiary/aromatic N) is 2. The van der Waals surface area contributed by atoms with E-state index in [0.717, 1.165) is 6.42 Å². The Kier molecular flexibility index (Phi) is 5.92. The number of fused-ring (bicyclic) bond motifs is 6. The van der Waals surface area contributed by atoms with Gasteiger partial charge in [0.15, 0.2) is 0 Å². The summed E-state index contributed by atoms with van der Waals surface area (Å²) in [6, 6.07) is 54.8. The summed E-state index contributed by atoms with van der Waals surface area (Å²) in [4.78, 5) is 0. The van der Waals surface area contributed by atoms with E-state index in [0.29, 0.717) is 0 Å². The minimum absolute atomic E-state index is 0.891. The van der Waals surface area contributed by atoms with Gasteiger partial charge in [0.2, 0.25) is 0 Å². The molecule has 6 aromatic carbocycles. The molecule has 8 aromatic rings. The van der Waals surface area contributed by atoms with Crippen molar-refractivity contribution >= 4 is 44.4 Å². The van der Waals surface area contributed by atoms with E-state index in [2.05, 4.69) is 179 Å². The van der Waals surface area contributed by atoms with Crippen molar-refractivity contribution in [3.63, 3.8) is 0 Å². The number of aromatic nitrogens is 2. The molecule has 1 aliphatic carbocycles. The highest BCUT2D eigenvalue weighted by atomic mass is 15.0. The van der Waals surface area contributed by atoms with Gasteiger partial charge < -0.3 is 9.13 Å². The van der Waals surface area contributed by atoms with Crippen LogP contribution in [0.15, 0.2) is 164 Å². The number of hydrogen-bond acceptors (Lipinski definition) is 0. The van der Waals surface area contributed by atoms with Crippen LogP contribution >= 0.6 is 0 Å². The fourth-order valence-corrected chi connectivity index (χ4v) is 7.12. The molecule has 2 aromatic heterocycles. The summed E-state index contributed by atoms with van der Waals surface area (Å²) in [7, 11) is 0. The molecule has 0 fully saturated rings. The normalized spacial score (nSPS) is 12.8. The van der Waals surface area contributed by atoms with Gasteiger partial charge in [-0.05, 0) is 88.9 Å². The van der Waals surface area contributed by atoms with E-state index < -0.39 is 0 Å². The van der Waals surface area contributed by atoms with Gasteiger partial charge in [0, 0.05) is 27.5 Å². The zero-order chi connectivity index (χ0) is 29.7. The van der Waals surface area contributed by atoms with Crippen LogP contribution in [-0.2, 0) is 6.42 Å². The molecule has 0 spiro atoms. The van der Waals surface area contributed by atoms with Crippen LogP contribution in [0.3, 0.4) is 0 Å². The highest BCUT2D eigenvalue weighted by Crippen LogP contribution is 2.38. The van der Waals surface area contributed by atoms with Crippen molar-refractivity contribution in [2.75, 3.05) is 0 Å². The molecule has 212 valence electrons. The second kappa shape index (κ2) is 10.4. The number of hydrogen-bond donors (Lipinski definition) is 0. The van der Waals surface area contributed by atoms with Gasteiger partial charge in [-0.25, -0.2) is 0 Å². The Morgan fingerprint density at radius 3 is 1.84 bits per heavy atom. The van der Waals surface area contributed by atoms with E-state index in [-0.39, 0.29) is 0 Å². The second-order valence-electron chi connectivity index (χ2n) is 11.7. The summed E-state index contributed by atoms with van der Waals surface area (Å²) >= 11 is 0. The fourth-order valence-electron chi connectivity index (χ4n) is 7.12. The van der Waals surface area contributed by atoms with E-state index in [1.807, 2.05) is 0 Å². The van der Waals surface area contributed by atoms with Crippen LogP contribution in [0.2, 0.25) is 0 Å². The van der Waals surface area contributed by atoms with Crippen LogP contribution in [0.5, 0.6) is 0 Å². The largest absolute Gasteiger partial charge is 0.310 e. The third-order valence-corrected chi connectivity index (χ3v) is 9.20. The van der Waals surface area contributed by atoms with Crippen LogP contribution in [-0.4, -0.2) is 9.13 Å². The first-order valence-corrected chi connectivity index (χ1v) is 15.6. The smallest absolute Gasteiger partial charge is 0.0541 e. The van der Waals surface area contributed by atoms with E-state index in [1.54, 1.807) is 0 Å². The average Bonchev–Trinajstić information content (AvgIpc) is 3.51. The molecular weight excluding hydrogens is 544 g/mol. The lowest BCUT2D eigenvalue weighted by atomic mass is 10.0. The van der Waals surface area contributed by atoms with Gasteiger partial charge in [0.05, 0.1) is 22.2 Å². The van der Waals surface area contributed by atoms with Crippen molar-refractivity contribution in [3.05, 3.63) is 181 Å². The van der Waals surface area contributed by atoms with Crippen molar-refractivity contribution in [2.45, 2.75) is 6.42 Å². The highest BCUT2D eigenvalue weighted by Gasteiger charge is 2.19. The van der Waals surface area contributed by atoms with Crippen LogP contribution in [0.1, 0.15) is 16.8 Å². The van der Waals surface area contributed by atoms with Gasteiger partial charge in [0.25, 0.3) is 0 Å². The van der Waals surface area contributed by atoms with E-state index in [1.165, 1.54) is 77.6 Å². The van der Waals surface area contributed by atoms with Gasteiger partial charge in [-0.15, -0.1) is 0 Å². The highest BCUT2D eigenvalue weighted by molar-refractivity contribution is 6.10. The molecule has 0 N–H and O–H groups in total. The summed E-state index contributed by atoms with van der Waals surface area (Å²) in [6.45, 7) is 0. The molecule has 0 saturated heterocycles. The minimum Gasteiger partial charge on any atom is -0.310 e. The maximum atomic E-state index is 2.44. The van der Waals surface area contributed by atoms with E-state index in [9.17, 15) is 0 Å². The Hall–Kier alpha value is -5.86. The summed E-state index contributed by atoms with van der Waals surface area (Å²) in [5, 5.41) is 3.84. The van der Waals surface area contributed by atoms with Crippen molar-refractivity contribution in [3.8, 4) is 22.5 Å². The molecule has 0 aliphatic heterocycles. The Balaban J connectivity index is 1.19. The number of benzene rings is 6. The molecule has 2 heterocycles. The maximum Gasteiger partial charge on any atom is 0.0541 e. The predicted octanol–water partition coefficient (Wildman–Crippen LogP) is 11.0. The third kappa shape index (κ3) is 4.18. The van der Waals surface area contributed by atoms with Crippen LogP contribution in [0, 0.1) is 0 Å². The monoisotopic (exact) mass is 574 g/mol. The summed E-state index contributed by atoms with van der Waals surface area (Å²) in [5.74, 6) is 0. The molecule has 2 nitrogen and oxygen atoms in total. The molecule has 0 amide bonds. The Labute approximate surface area is 262 Å². The van der Waals surface area contributed by atoms with E-state index in [4.69, 9.17) is 0 Å². The van der Waals surface area contributed by atoms with Crippen molar-refractivity contribution in [1.29, 1.82) is 0 Å². The average molecular weight is 575 g/mol. The molecular formula is C43H30N2. The summed E-state index contributed by atoms with van der Waals surface area (Å²) in [6.07, 6.45) is 7.84. The number of para-hydroxylation sites is 3. The molecule has 0 bridgehead atoms. The molecule has 0 unspecified atom stereocenters. The van der Waals surface area contributed by atoms with Gasteiger partial charge in [-0.1, -0.05) is 115 Å². The molecule has 2 heteroatoms. The zero-order valence-electron chi connectivity index (χ0n) is 24.8. The first kappa shape index (κ1) is 25.6. The number of rotatable bonds is 4. The van der Waals surface area contributed by atoms with E-state index >= 15 is 0 Å². The lowest BCUT2D eigenvalue weighted by Gasteiger charge is -2.12. The topological polar surface area (TPSA) is 9.86 Å². The van der Waals surface area contributed by atoms with Crippen LogP contribution < -0.4 is 0 Å². The molecule has 1 aliphatic rings. The quantitative estimate of drug-likeness (QED) is 0.198. The second-order valence-corrected chi connectivity index (χ2v) is 11.7.